The van der Waals surface area contributed by atoms with Crippen molar-refractivity contribution in [2.24, 2.45) is 5.73 Å². The topological polar surface area (TPSA) is 49.6 Å². The number of fused-ring (bicyclic) bond motifs is 1. The van der Waals surface area contributed by atoms with Gasteiger partial charge in [-0.1, -0.05) is 12.1 Å². The Morgan fingerprint density at radius 1 is 1.33 bits per heavy atom. The van der Waals surface area contributed by atoms with E-state index in [2.05, 4.69) is 4.90 Å². The minimum absolute atomic E-state index is 0.0180. The van der Waals surface area contributed by atoms with Crippen LogP contribution in [0.1, 0.15) is 0 Å². The van der Waals surface area contributed by atoms with E-state index in [4.69, 9.17) is 5.73 Å². The second-order valence-electron chi connectivity index (χ2n) is 3.66. The van der Waals surface area contributed by atoms with E-state index in [-0.39, 0.29) is 12.5 Å². The van der Waals surface area contributed by atoms with Crippen LogP contribution in [0, 0.1) is 0 Å². The van der Waals surface area contributed by atoms with Gasteiger partial charge in [-0.3, -0.25) is 4.79 Å². The van der Waals surface area contributed by atoms with E-state index in [1.54, 1.807) is 4.90 Å². The van der Waals surface area contributed by atoms with Crippen LogP contribution in [-0.4, -0.2) is 32.6 Å². The molecule has 1 aliphatic rings. The summed E-state index contributed by atoms with van der Waals surface area (Å²) in [6.07, 6.45) is 0. The summed E-state index contributed by atoms with van der Waals surface area (Å²) in [5, 5.41) is 0. The number of nitrogens with zero attached hydrogens (tertiary/aromatic N) is 2. The van der Waals surface area contributed by atoms with Gasteiger partial charge in [-0.05, 0) is 12.1 Å². The number of carbonyl (C=O) groups excluding carboxylic acids is 1. The van der Waals surface area contributed by atoms with Gasteiger partial charge in [0, 0.05) is 20.1 Å². The summed E-state index contributed by atoms with van der Waals surface area (Å²) in [6.45, 7) is 1.63. The molecule has 1 heterocycles. The van der Waals surface area contributed by atoms with Crippen LogP contribution in [0.3, 0.4) is 0 Å². The SMILES string of the molecule is CN1CCN(C(=O)CN)c2ccccc21. The highest BCUT2D eigenvalue weighted by Crippen LogP contribution is 2.31. The molecule has 4 heteroatoms. The number of hydrogen-bond acceptors (Lipinski definition) is 3. The molecule has 15 heavy (non-hydrogen) atoms. The molecule has 0 aromatic heterocycles. The Balaban J connectivity index is 2.40. The maximum Gasteiger partial charge on any atom is 0.240 e. The zero-order valence-electron chi connectivity index (χ0n) is 8.81. The highest BCUT2D eigenvalue weighted by atomic mass is 16.2. The number of benzene rings is 1. The first kappa shape index (κ1) is 9.98. The quantitative estimate of drug-likeness (QED) is 0.723. The van der Waals surface area contributed by atoms with Crippen molar-refractivity contribution in [1.82, 2.24) is 0 Å². The summed E-state index contributed by atoms with van der Waals surface area (Å²) < 4.78 is 0. The minimum atomic E-state index is -0.0180. The largest absolute Gasteiger partial charge is 0.371 e. The maximum atomic E-state index is 11.6. The number of likely N-dealkylation sites (N-methyl/N-ethyl adjacent to an activating group) is 1. The normalized spacial score (nSPS) is 15.1. The molecule has 0 unspecified atom stereocenters. The maximum absolute atomic E-state index is 11.6. The van der Waals surface area contributed by atoms with Gasteiger partial charge in [0.25, 0.3) is 0 Å². The van der Waals surface area contributed by atoms with Crippen LogP contribution in [-0.2, 0) is 4.79 Å². The van der Waals surface area contributed by atoms with E-state index in [0.29, 0.717) is 6.54 Å². The van der Waals surface area contributed by atoms with Crippen LogP contribution >= 0.6 is 0 Å². The molecular formula is C11H15N3O. The number of anilines is 2. The number of nitrogens with two attached hydrogens (primary N) is 1. The van der Waals surface area contributed by atoms with E-state index in [1.165, 1.54) is 0 Å². The fourth-order valence-corrected chi connectivity index (χ4v) is 1.88. The Morgan fingerprint density at radius 2 is 2.00 bits per heavy atom. The zero-order chi connectivity index (χ0) is 10.8. The molecule has 1 aliphatic heterocycles. The van der Waals surface area contributed by atoms with Gasteiger partial charge in [-0.15, -0.1) is 0 Å². The third-order valence-corrected chi connectivity index (χ3v) is 2.72. The lowest BCUT2D eigenvalue weighted by molar-refractivity contribution is -0.117. The molecule has 0 aliphatic carbocycles. The number of para-hydroxylation sites is 2. The molecule has 0 radical (unpaired) electrons. The van der Waals surface area contributed by atoms with Gasteiger partial charge in [0.1, 0.15) is 0 Å². The van der Waals surface area contributed by atoms with E-state index in [0.717, 1.165) is 17.9 Å². The second kappa shape index (κ2) is 3.90. The van der Waals surface area contributed by atoms with E-state index < -0.39 is 0 Å². The molecule has 1 aromatic rings. The molecule has 0 saturated heterocycles. The summed E-state index contributed by atoms with van der Waals surface area (Å²) in [5.74, 6) is -0.0180. The van der Waals surface area contributed by atoms with Crippen molar-refractivity contribution in [3.8, 4) is 0 Å². The van der Waals surface area contributed by atoms with Crippen LogP contribution < -0.4 is 15.5 Å². The van der Waals surface area contributed by atoms with Gasteiger partial charge < -0.3 is 15.5 Å². The third-order valence-electron chi connectivity index (χ3n) is 2.72. The molecule has 1 aromatic carbocycles. The van der Waals surface area contributed by atoms with Crippen LogP contribution in [0.25, 0.3) is 0 Å². The van der Waals surface area contributed by atoms with E-state index in [9.17, 15) is 4.79 Å². The van der Waals surface area contributed by atoms with Crippen molar-refractivity contribution in [3.63, 3.8) is 0 Å². The van der Waals surface area contributed by atoms with Crippen molar-refractivity contribution in [1.29, 1.82) is 0 Å². The molecule has 1 amide bonds. The van der Waals surface area contributed by atoms with Crippen LogP contribution in [0.2, 0.25) is 0 Å². The van der Waals surface area contributed by atoms with Gasteiger partial charge >= 0.3 is 0 Å². The lowest BCUT2D eigenvalue weighted by Crippen LogP contribution is -2.45. The van der Waals surface area contributed by atoms with Crippen molar-refractivity contribution >= 4 is 17.3 Å². The number of amides is 1. The molecule has 80 valence electrons. The van der Waals surface area contributed by atoms with Crippen molar-refractivity contribution < 1.29 is 4.79 Å². The zero-order valence-corrected chi connectivity index (χ0v) is 8.81. The molecule has 4 nitrogen and oxygen atoms in total. The second-order valence-corrected chi connectivity index (χ2v) is 3.66. The predicted molar refractivity (Wildman–Crippen MR) is 61.1 cm³/mol. The van der Waals surface area contributed by atoms with Gasteiger partial charge in [0.05, 0.1) is 17.9 Å². The van der Waals surface area contributed by atoms with E-state index in [1.807, 2.05) is 31.3 Å². The highest BCUT2D eigenvalue weighted by molar-refractivity contribution is 5.98. The number of hydrogen-bond donors (Lipinski definition) is 1. The molecule has 0 saturated carbocycles. The van der Waals surface area contributed by atoms with Crippen LogP contribution in [0.15, 0.2) is 24.3 Å². The summed E-state index contributed by atoms with van der Waals surface area (Å²) in [5.41, 5.74) is 7.44. The lowest BCUT2D eigenvalue weighted by Gasteiger charge is -2.35. The van der Waals surface area contributed by atoms with Gasteiger partial charge in [-0.2, -0.15) is 0 Å². The predicted octanol–water partition coefficient (Wildman–Crippen LogP) is 0.428. The molecule has 2 rings (SSSR count). The molecule has 0 spiro atoms. The lowest BCUT2D eigenvalue weighted by atomic mass is 10.1. The Hall–Kier alpha value is -1.55. The van der Waals surface area contributed by atoms with Crippen LogP contribution in [0.4, 0.5) is 11.4 Å². The van der Waals surface area contributed by atoms with Gasteiger partial charge in [-0.25, -0.2) is 0 Å². The molecule has 2 N–H and O–H groups in total. The fraction of sp³-hybridized carbons (Fsp3) is 0.364. The molecule has 0 atom stereocenters. The third kappa shape index (κ3) is 1.68. The summed E-state index contributed by atoms with van der Waals surface area (Å²) >= 11 is 0. The molecular weight excluding hydrogens is 190 g/mol. The Morgan fingerprint density at radius 3 is 2.67 bits per heavy atom. The number of carbonyl (C=O) groups is 1. The smallest absolute Gasteiger partial charge is 0.240 e. The number of rotatable bonds is 1. The minimum Gasteiger partial charge on any atom is -0.371 e. The van der Waals surface area contributed by atoms with E-state index >= 15 is 0 Å². The van der Waals surface area contributed by atoms with Crippen molar-refractivity contribution in [2.75, 3.05) is 36.5 Å². The average Bonchev–Trinajstić information content (AvgIpc) is 2.29. The Kier molecular flexibility index (Phi) is 2.60. The summed E-state index contributed by atoms with van der Waals surface area (Å²) in [7, 11) is 2.03. The summed E-state index contributed by atoms with van der Waals surface area (Å²) in [4.78, 5) is 15.5. The van der Waals surface area contributed by atoms with Gasteiger partial charge in [0.2, 0.25) is 5.91 Å². The van der Waals surface area contributed by atoms with Crippen molar-refractivity contribution in [2.45, 2.75) is 0 Å². The van der Waals surface area contributed by atoms with Crippen molar-refractivity contribution in [3.05, 3.63) is 24.3 Å². The Bertz CT molecular complexity index is 378. The monoisotopic (exact) mass is 205 g/mol. The first-order valence-corrected chi connectivity index (χ1v) is 5.04. The van der Waals surface area contributed by atoms with Crippen LogP contribution in [0.5, 0.6) is 0 Å². The highest BCUT2D eigenvalue weighted by Gasteiger charge is 2.23. The average molecular weight is 205 g/mol. The van der Waals surface area contributed by atoms with Gasteiger partial charge in [0.15, 0.2) is 0 Å². The Labute approximate surface area is 89.3 Å². The molecule has 0 fully saturated rings. The standard InChI is InChI=1S/C11H15N3O/c1-13-6-7-14(11(15)8-12)10-5-3-2-4-9(10)13/h2-5H,6-8,12H2,1H3. The molecule has 0 bridgehead atoms. The first-order valence-electron chi connectivity index (χ1n) is 5.04. The fourth-order valence-electron chi connectivity index (χ4n) is 1.88. The first-order chi connectivity index (χ1) is 7.24. The summed E-state index contributed by atoms with van der Waals surface area (Å²) in [6, 6.07) is 7.89.